The van der Waals surface area contributed by atoms with Crippen LogP contribution in [0.25, 0.3) is 0 Å². The average Bonchev–Trinajstić information content (AvgIpc) is 2.28. The smallest absolute Gasteiger partial charge is 0.340 e. The molecule has 0 spiro atoms. The minimum Gasteiger partial charge on any atom is -0.462 e. The van der Waals surface area contributed by atoms with E-state index in [2.05, 4.69) is 6.58 Å². The van der Waals surface area contributed by atoms with E-state index in [1.165, 1.54) is 6.07 Å². The Kier molecular flexibility index (Phi) is 4.48. The molecule has 0 fully saturated rings. The monoisotopic (exact) mass is 249 g/mol. The predicted molar refractivity (Wildman–Crippen MR) is 71.0 cm³/mol. The summed E-state index contributed by atoms with van der Waals surface area (Å²) in [6, 6.07) is 1.30. The highest BCUT2D eigenvalue weighted by Gasteiger charge is 2.19. The summed E-state index contributed by atoms with van der Waals surface area (Å²) in [6.45, 7) is 11.1. The molecule has 0 N–H and O–H groups in total. The van der Waals surface area contributed by atoms with Crippen molar-refractivity contribution in [3.05, 3.63) is 45.9 Å². The standard InChI is InChI=1S/C14H19NO3/c1-6-10(4)15-11(5)13(14(17)18-7-2)9(3)8-12(15)16/h6,8,10H,1,7H2,2-5H3. The number of carbonyl (C=O) groups is 1. The fourth-order valence-corrected chi connectivity index (χ4v) is 2.02. The number of allylic oxidation sites excluding steroid dienone is 1. The minimum absolute atomic E-state index is 0.134. The fraction of sp³-hybridized carbons (Fsp3) is 0.429. The number of ether oxygens (including phenoxy) is 1. The molecule has 0 aromatic carbocycles. The number of pyridine rings is 1. The molecule has 18 heavy (non-hydrogen) atoms. The van der Waals surface area contributed by atoms with Crippen molar-refractivity contribution in [2.75, 3.05) is 6.61 Å². The van der Waals surface area contributed by atoms with E-state index in [1.807, 2.05) is 6.92 Å². The summed E-state index contributed by atoms with van der Waals surface area (Å²) >= 11 is 0. The van der Waals surface area contributed by atoms with E-state index in [0.29, 0.717) is 23.4 Å². The van der Waals surface area contributed by atoms with Gasteiger partial charge in [0.2, 0.25) is 0 Å². The number of aryl methyl sites for hydroxylation is 1. The zero-order valence-corrected chi connectivity index (χ0v) is 11.3. The third kappa shape index (κ3) is 2.53. The van der Waals surface area contributed by atoms with Gasteiger partial charge in [-0.15, -0.1) is 6.58 Å². The van der Waals surface area contributed by atoms with Gasteiger partial charge in [-0.25, -0.2) is 4.79 Å². The maximum absolute atomic E-state index is 12.0. The van der Waals surface area contributed by atoms with Crippen LogP contribution >= 0.6 is 0 Å². The molecule has 1 atom stereocenters. The van der Waals surface area contributed by atoms with E-state index >= 15 is 0 Å². The number of aromatic nitrogens is 1. The van der Waals surface area contributed by atoms with Crippen LogP contribution in [0.15, 0.2) is 23.5 Å². The minimum atomic E-state index is -0.391. The lowest BCUT2D eigenvalue weighted by atomic mass is 10.1. The third-order valence-electron chi connectivity index (χ3n) is 2.92. The van der Waals surface area contributed by atoms with Gasteiger partial charge in [0.25, 0.3) is 5.56 Å². The molecule has 4 nitrogen and oxygen atoms in total. The summed E-state index contributed by atoms with van der Waals surface area (Å²) in [5, 5.41) is 0. The van der Waals surface area contributed by atoms with Crippen molar-refractivity contribution in [1.82, 2.24) is 4.57 Å². The third-order valence-corrected chi connectivity index (χ3v) is 2.92. The molecule has 0 aliphatic carbocycles. The second-order valence-corrected chi connectivity index (χ2v) is 4.19. The molecule has 0 aliphatic heterocycles. The first-order valence-corrected chi connectivity index (χ1v) is 5.96. The van der Waals surface area contributed by atoms with Crippen LogP contribution in [0.1, 0.15) is 41.5 Å². The molecular formula is C14H19NO3. The number of rotatable bonds is 4. The van der Waals surface area contributed by atoms with Crippen molar-refractivity contribution in [2.24, 2.45) is 0 Å². The van der Waals surface area contributed by atoms with Gasteiger partial charge in [0.05, 0.1) is 18.2 Å². The SMILES string of the molecule is C=CC(C)n1c(C)c(C(=O)OCC)c(C)cc1=O. The van der Waals surface area contributed by atoms with Gasteiger partial charge in [-0.3, -0.25) is 4.79 Å². The Balaban J connectivity index is 3.49. The van der Waals surface area contributed by atoms with Crippen LogP contribution in [-0.2, 0) is 4.74 Å². The highest BCUT2D eigenvalue weighted by molar-refractivity contribution is 5.92. The van der Waals surface area contributed by atoms with Crippen molar-refractivity contribution in [1.29, 1.82) is 0 Å². The molecule has 0 saturated heterocycles. The van der Waals surface area contributed by atoms with Gasteiger partial charge >= 0.3 is 5.97 Å². The molecule has 0 aliphatic rings. The molecular weight excluding hydrogens is 230 g/mol. The molecule has 98 valence electrons. The van der Waals surface area contributed by atoms with Crippen LogP contribution in [0.5, 0.6) is 0 Å². The highest BCUT2D eigenvalue weighted by Crippen LogP contribution is 2.16. The Bertz CT molecular complexity index is 529. The van der Waals surface area contributed by atoms with E-state index in [-0.39, 0.29) is 11.6 Å². The predicted octanol–water partition coefficient (Wildman–Crippen LogP) is 2.39. The number of esters is 1. The van der Waals surface area contributed by atoms with Crippen LogP contribution in [0.2, 0.25) is 0 Å². The maximum Gasteiger partial charge on any atom is 0.340 e. The summed E-state index contributed by atoms with van der Waals surface area (Å²) in [7, 11) is 0. The van der Waals surface area contributed by atoms with Crippen molar-refractivity contribution >= 4 is 5.97 Å². The molecule has 0 radical (unpaired) electrons. The summed E-state index contributed by atoms with van der Waals surface area (Å²) < 4.78 is 6.57. The van der Waals surface area contributed by atoms with Gasteiger partial charge in [-0.05, 0) is 33.3 Å². The quantitative estimate of drug-likeness (QED) is 0.608. The number of carbonyl (C=O) groups excluding carboxylic acids is 1. The van der Waals surface area contributed by atoms with Crippen LogP contribution in [0, 0.1) is 13.8 Å². The summed E-state index contributed by atoms with van der Waals surface area (Å²) in [6.07, 6.45) is 1.67. The Morgan fingerprint density at radius 2 is 2.17 bits per heavy atom. The lowest BCUT2D eigenvalue weighted by molar-refractivity contribution is 0.0523. The molecule has 0 amide bonds. The Morgan fingerprint density at radius 3 is 2.67 bits per heavy atom. The zero-order valence-electron chi connectivity index (χ0n) is 11.3. The van der Waals surface area contributed by atoms with Crippen LogP contribution in [-0.4, -0.2) is 17.1 Å². The first kappa shape index (κ1) is 14.2. The molecule has 4 heteroatoms. The maximum atomic E-state index is 12.0. The molecule has 1 heterocycles. The number of nitrogens with zero attached hydrogens (tertiary/aromatic N) is 1. The van der Waals surface area contributed by atoms with E-state index in [1.54, 1.807) is 31.4 Å². The summed E-state index contributed by atoms with van der Waals surface area (Å²) in [5.74, 6) is -0.391. The molecule has 1 unspecified atom stereocenters. The molecule has 1 rings (SSSR count). The molecule has 0 saturated carbocycles. The van der Waals surface area contributed by atoms with E-state index < -0.39 is 5.97 Å². The van der Waals surface area contributed by atoms with Crippen LogP contribution < -0.4 is 5.56 Å². The van der Waals surface area contributed by atoms with E-state index in [9.17, 15) is 9.59 Å². The van der Waals surface area contributed by atoms with Crippen molar-refractivity contribution < 1.29 is 9.53 Å². The van der Waals surface area contributed by atoms with Crippen molar-refractivity contribution in [3.63, 3.8) is 0 Å². The Hall–Kier alpha value is -1.84. The second kappa shape index (κ2) is 5.67. The zero-order chi connectivity index (χ0) is 13.9. The van der Waals surface area contributed by atoms with Gasteiger partial charge < -0.3 is 9.30 Å². The number of hydrogen-bond donors (Lipinski definition) is 0. The molecule has 0 bridgehead atoms. The van der Waals surface area contributed by atoms with Gasteiger partial charge in [0, 0.05) is 11.8 Å². The van der Waals surface area contributed by atoms with Crippen LogP contribution in [0.3, 0.4) is 0 Å². The first-order chi connectivity index (χ1) is 8.43. The van der Waals surface area contributed by atoms with Gasteiger partial charge in [-0.2, -0.15) is 0 Å². The van der Waals surface area contributed by atoms with Gasteiger partial charge in [0.15, 0.2) is 0 Å². The van der Waals surface area contributed by atoms with Crippen molar-refractivity contribution in [3.8, 4) is 0 Å². The van der Waals surface area contributed by atoms with Gasteiger partial charge in [0.1, 0.15) is 0 Å². The summed E-state index contributed by atoms with van der Waals surface area (Å²) in [4.78, 5) is 23.9. The average molecular weight is 249 g/mol. The number of hydrogen-bond acceptors (Lipinski definition) is 3. The topological polar surface area (TPSA) is 48.3 Å². The van der Waals surface area contributed by atoms with E-state index in [0.717, 1.165) is 0 Å². The summed E-state index contributed by atoms with van der Waals surface area (Å²) in [5.41, 5.74) is 1.59. The molecule has 1 aromatic rings. The second-order valence-electron chi connectivity index (χ2n) is 4.19. The van der Waals surface area contributed by atoms with E-state index in [4.69, 9.17) is 4.74 Å². The fourth-order valence-electron chi connectivity index (χ4n) is 2.02. The molecule has 1 aromatic heterocycles. The lowest BCUT2D eigenvalue weighted by Crippen LogP contribution is -2.27. The first-order valence-electron chi connectivity index (χ1n) is 5.96. The van der Waals surface area contributed by atoms with Crippen LogP contribution in [0.4, 0.5) is 0 Å². The Labute approximate surface area is 107 Å². The Morgan fingerprint density at radius 1 is 1.56 bits per heavy atom. The van der Waals surface area contributed by atoms with Gasteiger partial charge in [-0.1, -0.05) is 6.08 Å². The normalized spacial score (nSPS) is 12.0. The lowest BCUT2D eigenvalue weighted by Gasteiger charge is -2.18. The highest BCUT2D eigenvalue weighted by atomic mass is 16.5. The van der Waals surface area contributed by atoms with Crippen molar-refractivity contribution in [2.45, 2.75) is 33.7 Å². The largest absolute Gasteiger partial charge is 0.462 e.